The molecule has 0 N–H and O–H groups in total. The van der Waals surface area contributed by atoms with E-state index in [1.807, 2.05) is 43.3 Å². The van der Waals surface area contributed by atoms with Gasteiger partial charge in [-0.3, -0.25) is 9.59 Å². The quantitative estimate of drug-likeness (QED) is 0.748. The first-order chi connectivity index (χ1) is 8.74. The molecule has 0 heterocycles. The number of rotatable bonds is 2. The van der Waals surface area contributed by atoms with Crippen LogP contribution in [0.4, 0.5) is 0 Å². The standard InChI is InChI=1S/C16H14O2/c1-2-5-13-15(17)11-8-3-6-10-7-4-9-12(14(10)11)16(13)18/h3-4,6-9,13H,2,5H2,1H3. The molecule has 0 amide bonds. The molecule has 0 aromatic heterocycles. The van der Waals surface area contributed by atoms with E-state index in [1.165, 1.54) is 0 Å². The Bertz CT molecular complexity index is 604. The Morgan fingerprint density at radius 2 is 1.50 bits per heavy atom. The number of benzene rings is 2. The SMILES string of the molecule is CCCC1C(=O)c2cccc3cccc(c23)C1=O. The smallest absolute Gasteiger partial charge is 0.174 e. The lowest BCUT2D eigenvalue weighted by molar-refractivity contribution is 0.0794. The van der Waals surface area contributed by atoms with Crippen LogP contribution in [0.1, 0.15) is 40.5 Å². The first-order valence-electron chi connectivity index (χ1n) is 6.34. The fourth-order valence-corrected chi connectivity index (χ4v) is 2.80. The molecule has 2 nitrogen and oxygen atoms in total. The molecule has 2 heteroatoms. The van der Waals surface area contributed by atoms with E-state index in [-0.39, 0.29) is 11.6 Å². The Hall–Kier alpha value is -1.96. The van der Waals surface area contributed by atoms with Gasteiger partial charge < -0.3 is 0 Å². The highest BCUT2D eigenvalue weighted by Gasteiger charge is 2.34. The lowest BCUT2D eigenvalue weighted by Gasteiger charge is -2.22. The molecule has 1 aliphatic rings. The molecular formula is C16H14O2. The topological polar surface area (TPSA) is 34.1 Å². The Morgan fingerprint density at radius 3 is 2.00 bits per heavy atom. The lowest BCUT2D eigenvalue weighted by atomic mass is 9.78. The number of carbonyl (C=O) groups is 2. The van der Waals surface area contributed by atoms with Gasteiger partial charge in [0, 0.05) is 16.5 Å². The Kier molecular flexibility index (Phi) is 2.51. The molecule has 0 fully saturated rings. The molecule has 3 rings (SSSR count). The zero-order chi connectivity index (χ0) is 12.7. The zero-order valence-electron chi connectivity index (χ0n) is 10.3. The van der Waals surface area contributed by atoms with Gasteiger partial charge in [0.15, 0.2) is 11.6 Å². The van der Waals surface area contributed by atoms with Gasteiger partial charge in [0.25, 0.3) is 0 Å². The molecule has 0 radical (unpaired) electrons. The summed E-state index contributed by atoms with van der Waals surface area (Å²) in [6, 6.07) is 11.3. The molecule has 2 aromatic rings. The molecule has 0 unspecified atom stereocenters. The summed E-state index contributed by atoms with van der Waals surface area (Å²) in [7, 11) is 0. The van der Waals surface area contributed by atoms with Crippen LogP contribution in [0.15, 0.2) is 36.4 Å². The van der Waals surface area contributed by atoms with Gasteiger partial charge in [0.2, 0.25) is 0 Å². The molecule has 0 atom stereocenters. The number of hydrogen-bond acceptors (Lipinski definition) is 2. The van der Waals surface area contributed by atoms with Gasteiger partial charge >= 0.3 is 0 Å². The summed E-state index contributed by atoms with van der Waals surface area (Å²) in [5.74, 6) is -0.493. The minimum absolute atomic E-state index is 0.00819. The minimum Gasteiger partial charge on any atom is -0.293 e. The van der Waals surface area contributed by atoms with Crippen molar-refractivity contribution in [2.45, 2.75) is 19.8 Å². The van der Waals surface area contributed by atoms with Crippen molar-refractivity contribution in [3.8, 4) is 0 Å². The highest BCUT2D eigenvalue weighted by molar-refractivity contribution is 6.29. The lowest BCUT2D eigenvalue weighted by Crippen LogP contribution is -2.29. The summed E-state index contributed by atoms with van der Waals surface area (Å²) < 4.78 is 0. The van der Waals surface area contributed by atoms with E-state index < -0.39 is 5.92 Å². The van der Waals surface area contributed by atoms with Gasteiger partial charge in [-0.05, 0) is 11.8 Å². The van der Waals surface area contributed by atoms with Crippen LogP contribution in [0.5, 0.6) is 0 Å². The van der Waals surface area contributed by atoms with Crippen molar-refractivity contribution >= 4 is 22.3 Å². The Morgan fingerprint density at radius 1 is 0.944 bits per heavy atom. The largest absolute Gasteiger partial charge is 0.293 e. The van der Waals surface area contributed by atoms with Gasteiger partial charge in [-0.25, -0.2) is 0 Å². The fraction of sp³-hybridized carbons (Fsp3) is 0.250. The second kappa shape index (κ2) is 4.05. The van der Waals surface area contributed by atoms with Gasteiger partial charge in [-0.2, -0.15) is 0 Å². The van der Waals surface area contributed by atoms with Crippen LogP contribution in [0.2, 0.25) is 0 Å². The average Bonchev–Trinajstić information content (AvgIpc) is 2.40. The monoisotopic (exact) mass is 238 g/mol. The van der Waals surface area contributed by atoms with E-state index in [1.54, 1.807) is 0 Å². The first kappa shape index (κ1) is 11.1. The average molecular weight is 238 g/mol. The number of hydrogen-bond donors (Lipinski definition) is 0. The highest BCUT2D eigenvalue weighted by atomic mass is 16.2. The van der Waals surface area contributed by atoms with Gasteiger partial charge in [0.05, 0.1) is 5.92 Å². The molecule has 0 spiro atoms. The molecule has 1 aliphatic carbocycles. The van der Waals surface area contributed by atoms with Crippen molar-refractivity contribution in [2.75, 3.05) is 0 Å². The second-order valence-corrected chi connectivity index (χ2v) is 4.78. The normalized spacial score (nSPS) is 15.4. The Balaban J connectivity index is 2.32. The highest BCUT2D eigenvalue weighted by Crippen LogP contribution is 2.33. The van der Waals surface area contributed by atoms with Crippen molar-refractivity contribution < 1.29 is 9.59 Å². The molecule has 2 aromatic carbocycles. The van der Waals surface area contributed by atoms with Gasteiger partial charge in [0.1, 0.15) is 0 Å². The third-order valence-corrected chi connectivity index (χ3v) is 3.65. The maximum absolute atomic E-state index is 12.4. The summed E-state index contributed by atoms with van der Waals surface area (Å²) >= 11 is 0. The van der Waals surface area contributed by atoms with Gasteiger partial charge in [-0.15, -0.1) is 0 Å². The summed E-state index contributed by atoms with van der Waals surface area (Å²) in [5.41, 5.74) is 1.42. The third-order valence-electron chi connectivity index (χ3n) is 3.65. The van der Waals surface area contributed by atoms with Crippen molar-refractivity contribution in [2.24, 2.45) is 5.92 Å². The van der Waals surface area contributed by atoms with E-state index in [0.717, 1.165) is 17.2 Å². The predicted molar refractivity (Wildman–Crippen MR) is 71.0 cm³/mol. The predicted octanol–water partition coefficient (Wildman–Crippen LogP) is 3.64. The summed E-state index contributed by atoms with van der Waals surface area (Å²) in [6.07, 6.45) is 1.49. The van der Waals surface area contributed by atoms with Crippen LogP contribution in [0.3, 0.4) is 0 Å². The van der Waals surface area contributed by atoms with Crippen LogP contribution in [-0.2, 0) is 0 Å². The number of Topliss-reactive ketones (excluding diaryl/α,β-unsaturated/α-hetero) is 2. The zero-order valence-corrected chi connectivity index (χ0v) is 10.3. The number of ketones is 2. The van der Waals surface area contributed by atoms with E-state index in [4.69, 9.17) is 0 Å². The maximum atomic E-state index is 12.4. The van der Waals surface area contributed by atoms with Crippen LogP contribution in [0.25, 0.3) is 10.8 Å². The van der Waals surface area contributed by atoms with Crippen LogP contribution < -0.4 is 0 Å². The molecule has 90 valence electrons. The van der Waals surface area contributed by atoms with Crippen molar-refractivity contribution in [3.05, 3.63) is 47.5 Å². The Labute approximate surface area is 106 Å². The van der Waals surface area contributed by atoms with Crippen LogP contribution in [-0.4, -0.2) is 11.6 Å². The number of carbonyl (C=O) groups excluding carboxylic acids is 2. The van der Waals surface area contributed by atoms with E-state index >= 15 is 0 Å². The van der Waals surface area contributed by atoms with Crippen molar-refractivity contribution in [1.82, 2.24) is 0 Å². The molecule has 0 aliphatic heterocycles. The molecule has 0 bridgehead atoms. The fourth-order valence-electron chi connectivity index (χ4n) is 2.80. The summed E-state index contributed by atoms with van der Waals surface area (Å²) in [6.45, 7) is 2.00. The maximum Gasteiger partial charge on any atom is 0.174 e. The second-order valence-electron chi connectivity index (χ2n) is 4.78. The van der Waals surface area contributed by atoms with E-state index in [0.29, 0.717) is 17.5 Å². The third kappa shape index (κ3) is 1.42. The van der Waals surface area contributed by atoms with Gasteiger partial charge in [-0.1, -0.05) is 49.7 Å². The summed E-state index contributed by atoms with van der Waals surface area (Å²) in [5, 5.41) is 1.81. The van der Waals surface area contributed by atoms with Crippen LogP contribution >= 0.6 is 0 Å². The van der Waals surface area contributed by atoms with E-state index in [9.17, 15) is 9.59 Å². The van der Waals surface area contributed by atoms with Crippen LogP contribution in [0, 0.1) is 5.92 Å². The molecule has 18 heavy (non-hydrogen) atoms. The van der Waals surface area contributed by atoms with E-state index in [2.05, 4.69) is 0 Å². The minimum atomic E-state index is -0.476. The van der Waals surface area contributed by atoms with Crippen molar-refractivity contribution in [3.63, 3.8) is 0 Å². The molecule has 0 saturated carbocycles. The summed E-state index contributed by atoms with van der Waals surface area (Å²) in [4.78, 5) is 24.8. The first-order valence-corrected chi connectivity index (χ1v) is 6.34. The molecular weight excluding hydrogens is 224 g/mol. The molecule has 0 saturated heterocycles. The van der Waals surface area contributed by atoms with Crippen molar-refractivity contribution in [1.29, 1.82) is 0 Å².